The molecule has 7 heteroatoms. The molecule has 0 radical (unpaired) electrons. The van der Waals surface area contributed by atoms with E-state index in [9.17, 15) is 14.0 Å². The Morgan fingerprint density at radius 3 is 3.05 bits per heavy atom. The van der Waals surface area contributed by atoms with E-state index in [0.717, 1.165) is 11.8 Å². The van der Waals surface area contributed by atoms with E-state index in [2.05, 4.69) is 22.5 Å². The molecule has 0 bridgehead atoms. The van der Waals surface area contributed by atoms with Gasteiger partial charge in [0.2, 0.25) is 5.91 Å². The Morgan fingerprint density at radius 1 is 1.57 bits per heavy atom. The minimum absolute atomic E-state index is 0.0103. The van der Waals surface area contributed by atoms with E-state index in [4.69, 9.17) is 5.11 Å². The molecule has 1 saturated heterocycles. The molecule has 1 aromatic carbocycles. The van der Waals surface area contributed by atoms with Gasteiger partial charge in [-0.05, 0) is 18.2 Å². The van der Waals surface area contributed by atoms with E-state index in [-0.39, 0.29) is 24.3 Å². The van der Waals surface area contributed by atoms with E-state index >= 15 is 0 Å². The predicted octanol–water partition coefficient (Wildman–Crippen LogP) is 0.611. The second kappa shape index (κ2) is 7.11. The molecular formula is C14H13FN2O3S. The lowest BCUT2D eigenvalue weighted by Crippen LogP contribution is -2.42. The number of nitrogens with one attached hydrogen (secondary N) is 2. The lowest BCUT2D eigenvalue weighted by Gasteiger charge is -2.11. The van der Waals surface area contributed by atoms with Crippen LogP contribution in [0.15, 0.2) is 18.2 Å². The van der Waals surface area contributed by atoms with E-state index < -0.39 is 11.9 Å². The molecule has 0 spiro atoms. The van der Waals surface area contributed by atoms with Crippen molar-refractivity contribution in [3.05, 3.63) is 35.1 Å². The zero-order valence-corrected chi connectivity index (χ0v) is 11.8. The molecule has 2 rings (SSSR count). The van der Waals surface area contributed by atoms with Crippen LogP contribution in [0.4, 0.5) is 9.18 Å². The molecule has 1 aliphatic heterocycles. The van der Waals surface area contributed by atoms with E-state index in [1.54, 1.807) is 0 Å². The minimum Gasteiger partial charge on any atom is -0.384 e. The standard InChI is InChI=1S/C14H13FN2O3S/c15-11-4-3-9(2-1-5-18)6-10(11)7-16-13(19)12-8-21-14(20)17-12/h3-4,6,12,18H,5,7-8H2,(H,16,19)(H,17,20). The van der Waals surface area contributed by atoms with Crippen molar-refractivity contribution < 1.29 is 19.1 Å². The van der Waals surface area contributed by atoms with Gasteiger partial charge in [0.25, 0.3) is 5.24 Å². The number of amides is 2. The molecule has 0 saturated carbocycles. The summed E-state index contributed by atoms with van der Waals surface area (Å²) in [6, 6.07) is 3.69. The summed E-state index contributed by atoms with van der Waals surface area (Å²) in [7, 11) is 0. The molecule has 21 heavy (non-hydrogen) atoms. The first-order valence-corrected chi connectivity index (χ1v) is 7.18. The molecular weight excluding hydrogens is 295 g/mol. The summed E-state index contributed by atoms with van der Waals surface area (Å²) < 4.78 is 13.7. The van der Waals surface area contributed by atoms with Crippen LogP contribution < -0.4 is 10.6 Å². The Hall–Kier alpha value is -2.04. The first-order valence-electron chi connectivity index (χ1n) is 6.19. The third-order valence-corrected chi connectivity index (χ3v) is 3.68. The smallest absolute Gasteiger partial charge is 0.279 e. The molecule has 110 valence electrons. The fourth-order valence-corrected chi connectivity index (χ4v) is 2.54. The van der Waals surface area contributed by atoms with Crippen LogP contribution in [0, 0.1) is 17.7 Å². The number of benzene rings is 1. The van der Waals surface area contributed by atoms with Gasteiger partial charge >= 0.3 is 0 Å². The minimum atomic E-state index is -0.581. The van der Waals surface area contributed by atoms with Crippen LogP contribution >= 0.6 is 11.8 Å². The third kappa shape index (κ3) is 4.21. The first kappa shape index (κ1) is 15.4. The number of hydrogen-bond acceptors (Lipinski definition) is 4. The Morgan fingerprint density at radius 2 is 2.38 bits per heavy atom. The van der Waals surface area contributed by atoms with Crippen molar-refractivity contribution in [1.29, 1.82) is 0 Å². The lowest BCUT2D eigenvalue weighted by atomic mass is 10.1. The van der Waals surface area contributed by atoms with Crippen LogP contribution in [0.25, 0.3) is 0 Å². The largest absolute Gasteiger partial charge is 0.384 e. The van der Waals surface area contributed by atoms with Crippen molar-refractivity contribution in [3.63, 3.8) is 0 Å². The van der Waals surface area contributed by atoms with Gasteiger partial charge in [0.05, 0.1) is 0 Å². The summed E-state index contributed by atoms with van der Waals surface area (Å²) in [5.74, 6) is 4.72. The molecule has 0 aliphatic carbocycles. The lowest BCUT2D eigenvalue weighted by molar-refractivity contribution is -0.122. The molecule has 1 aromatic rings. The topological polar surface area (TPSA) is 78.4 Å². The fraction of sp³-hybridized carbons (Fsp3) is 0.286. The molecule has 1 fully saturated rings. The molecule has 1 unspecified atom stereocenters. The zero-order valence-electron chi connectivity index (χ0n) is 11.0. The first-order chi connectivity index (χ1) is 10.1. The zero-order chi connectivity index (χ0) is 15.2. The van der Waals surface area contributed by atoms with Gasteiger partial charge < -0.3 is 15.7 Å². The van der Waals surface area contributed by atoms with Gasteiger partial charge in [0, 0.05) is 23.4 Å². The number of carbonyl (C=O) groups excluding carboxylic acids is 2. The maximum atomic E-state index is 13.7. The van der Waals surface area contributed by atoms with Crippen LogP contribution in [0.2, 0.25) is 0 Å². The van der Waals surface area contributed by atoms with Crippen molar-refractivity contribution >= 4 is 22.9 Å². The van der Waals surface area contributed by atoms with Crippen LogP contribution in [0.5, 0.6) is 0 Å². The van der Waals surface area contributed by atoms with Crippen LogP contribution in [-0.4, -0.2) is 34.7 Å². The van der Waals surface area contributed by atoms with Gasteiger partial charge in [-0.1, -0.05) is 23.6 Å². The van der Waals surface area contributed by atoms with Crippen molar-refractivity contribution in [2.45, 2.75) is 12.6 Å². The van der Waals surface area contributed by atoms with E-state index in [1.807, 2.05) is 0 Å². The highest BCUT2D eigenvalue weighted by atomic mass is 32.2. The maximum absolute atomic E-state index is 13.7. The molecule has 1 heterocycles. The number of aliphatic hydroxyl groups excluding tert-OH is 1. The Labute approximate surface area is 125 Å². The van der Waals surface area contributed by atoms with Crippen molar-refractivity contribution in [1.82, 2.24) is 10.6 Å². The number of halogens is 1. The number of hydrogen-bond donors (Lipinski definition) is 3. The van der Waals surface area contributed by atoms with Gasteiger partial charge in [-0.3, -0.25) is 9.59 Å². The summed E-state index contributed by atoms with van der Waals surface area (Å²) in [5.41, 5.74) is 0.851. The Balaban J connectivity index is 1.99. The monoisotopic (exact) mass is 308 g/mol. The second-order valence-corrected chi connectivity index (χ2v) is 5.27. The summed E-state index contributed by atoms with van der Waals surface area (Å²) in [6.07, 6.45) is 0. The number of carbonyl (C=O) groups is 2. The Kier molecular flexibility index (Phi) is 5.20. The highest BCUT2D eigenvalue weighted by Crippen LogP contribution is 2.14. The number of aliphatic hydroxyl groups is 1. The number of thioether (sulfide) groups is 1. The van der Waals surface area contributed by atoms with Gasteiger partial charge in [-0.25, -0.2) is 4.39 Å². The van der Waals surface area contributed by atoms with Crippen molar-refractivity contribution in [3.8, 4) is 11.8 Å². The van der Waals surface area contributed by atoms with Gasteiger partial charge in [-0.15, -0.1) is 0 Å². The van der Waals surface area contributed by atoms with Gasteiger partial charge in [0.15, 0.2) is 0 Å². The molecule has 0 aromatic heterocycles. The molecule has 1 aliphatic rings. The van der Waals surface area contributed by atoms with Crippen LogP contribution in [0.3, 0.4) is 0 Å². The average Bonchev–Trinajstić information content (AvgIpc) is 2.91. The third-order valence-electron chi connectivity index (χ3n) is 2.80. The highest BCUT2D eigenvalue weighted by molar-refractivity contribution is 8.14. The quantitative estimate of drug-likeness (QED) is 0.715. The van der Waals surface area contributed by atoms with Crippen LogP contribution in [0.1, 0.15) is 11.1 Å². The SMILES string of the molecule is O=C1NC(C(=O)NCc2cc(C#CCO)ccc2F)CS1. The summed E-state index contributed by atoms with van der Waals surface area (Å²) in [4.78, 5) is 22.8. The summed E-state index contributed by atoms with van der Waals surface area (Å²) >= 11 is 1.04. The average molecular weight is 308 g/mol. The van der Waals surface area contributed by atoms with E-state index in [1.165, 1.54) is 18.2 Å². The summed E-state index contributed by atoms with van der Waals surface area (Å²) in [5, 5.41) is 13.5. The molecule has 3 N–H and O–H groups in total. The molecule has 2 amide bonds. The van der Waals surface area contributed by atoms with E-state index in [0.29, 0.717) is 16.9 Å². The molecule has 1 atom stereocenters. The fourth-order valence-electron chi connectivity index (χ4n) is 1.76. The van der Waals surface area contributed by atoms with Crippen molar-refractivity contribution in [2.24, 2.45) is 0 Å². The summed E-state index contributed by atoms with van der Waals surface area (Å²) in [6.45, 7) is -0.265. The highest BCUT2D eigenvalue weighted by Gasteiger charge is 2.27. The Bertz CT molecular complexity index is 624. The van der Waals surface area contributed by atoms with Gasteiger partial charge in [0.1, 0.15) is 18.5 Å². The molecule has 5 nitrogen and oxygen atoms in total. The normalized spacial score (nSPS) is 16.9. The number of rotatable bonds is 3. The maximum Gasteiger partial charge on any atom is 0.279 e. The second-order valence-electron chi connectivity index (χ2n) is 4.28. The van der Waals surface area contributed by atoms with Crippen molar-refractivity contribution in [2.75, 3.05) is 12.4 Å². The predicted molar refractivity (Wildman–Crippen MR) is 77.0 cm³/mol. The van der Waals surface area contributed by atoms with Crippen LogP contribution in [-0.2, 0) is 11.3 Å². The van der Waals surface area contributed by atoms with Gasteiger partial charge in [-0.2, -0.15) is 0 Å².